The molecule has 40 heavy (non-hydrogen) atoms. The molecule has 0 unspecified atom stereocenters. The predicted octanol–water partition coefficient (Wildman–Crippen LogP) is 7.15. The summed E-state index contributed by atoms with van der Waals surface area (Å²) in [6, 6.07) is 10.1. The van der Waals surface area contributed by atoms with Crippen molar-refractivity contribution in [2.75, 3.05) is 0 Å². The fourth-order valence-electron chi connectivity index (χ4n) is 5.47. The second kappa shape index (κ2) is 10.8. The fourth-order valence-corrected chi connectivity index (χ4v) is 5.47. The monoisotopic (exact) mass is 530 g/mol. The second-order valence-electron chi connectivity index (χ2n) is 10.4. The van der Waals surface area contributed by atoms with E-state index >= 15 is 0 Å². The van der Waals surface area contributed by atoms with Crippen LogP contribution in [0.1, 0.15) is 50.4 Å². The molecule has 5 aromatic rings. The normalized spacial score (nSPS) is 15.2. The number of nitrogens with one attached hydrogen (secondary N) is 3. The van der Waals surface area contributed by atoms with Gasteiger partial charge in [-0.3, -0.25) is 5.10 Å². The van der Waals surface area contributed by atoms with Crippen molar-refractivity contribution in [3.05, 3.63) is 97.0 Å². The lowest BCUT2D eigenvalue weighted by Gasteiger charge is -2.25. The number of hydrogen-bond donors (Lipinski definition) is 3. The van der Waals surface area contributed by atoms with Crippen LogP contribution in [0, 0.1) is 12.8 Å². The van der Waals surface area contributed by atoms with Gasteiger partial charge in [0.2, 0.25) is 0 Å². The molecule has 0 spiro atoms. The third-order valence-electron chi connectivity index (χ3n) is 7.65. The molecule has 0 amide bonds. The Labute approximate surface area is 233 Å². The van der Waals surface area contributed by atoms with Crippen LogP contribution in [0.15, 0.2) is 85.6 Å². The van der Waals surface area contributed by atoms with Crippen LogP contribution in [0.4, 0.5) is 0 Å². The Kier molecular flexibility index (Phi) is 6.90. The van der Waals surface area contributed by atoms with E-state index in [-0.39, 0.29) is 0 Å². The van der Waals surface area contributed by atoms with Gasteiger partial charge in [0.05, 0.1) is 34.4 Å². The molecule has 0 saturated heterocycles. The Morgan fingerprint density at radius 3 is 2.67 bits per heavy atom. The highest BCUT2D eigenvalue weighted by atomic mass is 15.2. The Morgan fingerprint density at radius 2 is 1.93 bits per heavy atom. The van der Waals surface area contributed by atoms with Crippen LogP contribution in [-0.2, 0) is 0 Å². The summed E-state index contributed by atoms with van der Waals surface area (Å²) >= 11 is 0. The molecule has 8 heteroatoms. The highest BCUT2D eigenvalue weighted by molar-refractivity contribution is 5.93. The molecule has 8 nitrogen and oxygen atoms in total. The first-order valence-corrected chi connectivity index (χ1v) is 13.9. The van der Waals surface area contributed by atoms with Crippen molar-refractivity contribution in [3.63, 3.8) is 0 Å². The number of aromatic amines is 2. The quantitative estimate of drug-likeness (QED) is 0.185. The molecular weight excluding hydrogens is 496 g/mol. The van der Waals surface area contributed by atoms with E-state index in [1.807, 2.05) is 61.0 Å². The molecule has 1 saturated carbocycles. The van der Waals surface area contributed by atoms with Crippen LogP contribution in [0.25, 0.3) is 44.8 Å². The van der Waals surface area contributed by atoms with Gasteiger partial charge in [0.25, 0.3) is 0 Å². The van der Waals surface area contributed by atoms with Gasteiger partial charge in [-0.2, -0.15) is 5.10 Å². The topological polar surface area (TPSA) is 100 Å². The van der Waals surface area contributed by atoms with Crippen molar-refractivity contribution in [1.29, 1.82) is 0 Å². The number of hydrogen-bond acceptors (Lipinski definition) is 5. The number of nitrogens with zero attached hydrogens (tertiary/aromatic N) is 5. The highest BCUT2D eigenvalue weighted by Gasteiger charge is 2.18. The van der Waals surface area contributed by atoms with Crippen molar-refractivity contribution in [1.82, 2.24) is 40.0 Å². The standard InChI is InChI=1S/C32H34N8/c1-5-22(17-24(6-2)34-21(4)23-11-8-7-9-12-23)25-15-16-27-30(35-25)31(39-38-27)32-36-26-13-10-14-28(29(26)37-32)40-18-20(3)33-19-40/h5-6,10,13-19,23,34H,2,4,7-9,11-12H2,1,3H3,(H,36,37)(H,38,39)/b22-5+,24-17+. The Morgan fingerprint density at radius 1 is 1.07 bits per heavy atom. The maximum atomic E-state index is 5.03. The van der Waals surface area contributed by atoms with E-state index in [2.05, 4.69) is 50.8 Å². The van der Waals surface area contributed by atoms with Gasteiger partial charge in [0, 0.05) is 17.6 Å². The van der Waals surface area contributed by atoms with Gasteiger partial charge in [-0.05, 0) is 74.6 Å². The van der Waals surface area contributed by atoms with Crippen LogP contribution in [0.5, 0.6) is 0 Å². The minimum Gasteiger partial charge on any atom is -0.359 e. The summed E-state index contributed by atoms with van der Waals surface area (Å²) in [5, 5.41) is 11.2. The van der Waals surface area contributed by atoms with Gasteiger partial charge < -0.3 is 14.9 Å². The molecule has 3 N–H and O–H groups in total. The summed E-state index contributed by atoms with van der Waals surface area (Å²) < 4.78 is 1.99. The van der Waals surface area contributed by atoms with Crippen LogP contribution < -0.4 is 5.32 Å². The molecule has 1 fully saturated rings. The molecule has 4 aromatic heterocycles. The summed E-state index contributed by atoms with van der Waals surface area (Å²) in [5.74, 6) is 1.17. The number of H-pyrrole nitrogens is 2. The third-order valence-corrected chi connectivity index (χ3v) is 7.65. The minimum absolute atomic E-state index is 0.510. The number of rotatable bonds is 8. The molecule has 6 rings (SSSR count). The van der Waals surface area contributed by atoms with Gasteiger partial charge in [-0.15, -0.1) is 0 Å². The Hall–Kier alpha value is -4.72. The first-order chi connectivity index (χ1) is 19.5. The smallest absolute Gasteiger partial charge is 0.161 e. The molecule has 0 atom stereocenters. The van der Waals surface area contributed by atoms with Crippen molar-refractivity contribution in [2.24, 2.45) is 5.92 Å². The van der Waals surface area contributed by atoms with Crippen LogP contribution in [-0.4, -0.2) is 34.7 Å². The molecule has 0 aliphatic heterocycles. The SMILES string of the molecule is C=C/C(=C\C(=C/C)c1ccc2[nH]nc(-c3nc4c(-n5cnc(C)c5)cccc4[nH]3)c2n1)NC(=C)C1CCCCC1. The zero-order valence-corrected chi connectivity index (χ0v) is 23.0. The highest BCUT2D eigenvalue weighted by Crippen LogP contribution is 2.30. The van der Waals surface area contributed by atoms with Crippen LogP contribution in [0.2, 0.25) is 0 Å². The first kappa shape index (κ1) is 25.6. The molecule has 0 radical (unpaired) electrons. The van der Waals surface area contributed by atoms with Crippen molar-refractivity contribution in [2.45, 2.75) is 46.0 Å². The zero-order valence-electron chi connectivity index (χ0n) is 23.0. The van der Waals surface area contributed by atoms with Gasteiger partial charge in [0.15, 0.2) is 11.5 Å². The number of aryl methyl sites for hydroxylation is 1. The summed E-state index contributed by atoms with van der Waals surface area (Å²) in [5.41, 5.74) is 9.74. The second-order valence-corrected chi connectivity index (χ2v) is 10.4. The molecule has 202 valence electrons. The summed E-state index contributed by atoms with van der Waals surface area (Å²) in [6.45, 7) is 12.4. The number of benzene rings is 1. The fraction of sp³-hybridized carbons (Fsp3) is 0.250. The maximum absolute atomic E-state index is 5.03. The van der Waals surface area contributed by atoms with E-state index in [0.29, 0.717) is 17.4 Å². The lowest BCUT2D eigenvalue weighted by molar-refractivity contribution is 0.393. The molecule has 0 bridgehead atoms. The van der Waals surface area contributed by atoms with Crippen molar-refractivity contribution >= 4 is 27.6 Å². The molecule has 1 aromatic carbocycles. The minimum atomic E-state index is 0.510. The lowest BCUT2D eigenvalue weighted by atomic mass is 9.87. The van der Waals surface area contributed by atoms with Crippen molar-refractivity contribution < 1.29 is 0 Å². The maximum Gasteiger partial charge on any atom is 0.161 e. The van der Waals surface area contributed by atoms with E-state index < -0.39 is 0 Å². The van der Waals surface area contributed by atoms with E-state index in [0.717, 1.165) is 56.1 Å². The predicted molar refractivity (Wildman–Crippen MR) is 162 cm³/mol. The van der Waals surface area contributed by atoms with Gasteiger partial charge >= 0.3 is 0 Å². The van der Waals surface area contributed by atoms with E-state index in [1.165, 1.54) is 32.1 Å². The average molecular weight is 531 g/mol. The molecule has 4 heterocycles. The Balaban J connectivity index is 1.33. The van der Waals surface area contributed by atoms with Crippen molar-refractivity contribution in [3.8, 4) is 17.2 Å². The van der Waals surface area contributed by atoms with E-state index in [9.17, 15) is 0 Å². The third kappa shape index (κ3) is 4.88. The van der Waals surface area contributed by atoms with Crippen LogP contribution >= 0.6 is 0 Å². The Bertz CT molecular complexity index is 1770. The summed E-state index contributed by atoms with van der Waals surface area (Å²) in [7, 11) is 0. The summed E-state index contributed by atoms with van der Waals surface area (Å²) in [4.78, 5) is 17.8. The zero-order chi connectivity index (χ0) is 27.6. The number of imidazole rings is 2. The van der Waals surface area contributed by atoms with E-state index in [4.69, 9.17) is 9.97 Å². The molecular formula is C32H34N8. The molecule has 1 aliphatic rings. The number of para-hydroxylation sites is 1. The lowest BCUT2D eigenvalue weighted by Crippen LogP contribution is -2.20. The number of aromatic nitrogens is 7. The molecule has 1 aliphatic carbocycles. The largest absolute Gasteiger partial charge is 0.359 e. The average Bonchev–Trinajstić information content (AvgIpc) is 3.72. The number of allylic oxidation sites excluding steroid dienone is 5. The van der Waals surface area contributed by atoms with Gasteiger partial charge in [-0.1, -0.05) is 44.6 Å². The van der Waals surface area contributed by atoms with Crippen LogP contribution in [0.3, 0.4) is 0 Å². The first-order valence-electron chi connectivity index (χ1n) is 13.9. The van der Waals surface area contributed by atoms with E-state index in [1.54, 1.807) is 6.33 Å². The van der Waals surface area contributed by atoms with Gasteiger partial charge in [-0.25, -0.2) is 15.0 Å². The summed E-state index contributed by atoms with van der Waals surface area (Å²) in [6.07, 6.45) is 16.0. The number of pyridine rings is 1. The van der Waals surface area contributed by atoms with Gasteiger partial charge in [0.1, 0.15) is 11.0 Å². The number of fused-ring (bicyclic) bond motifs is 2.